The third-order valence-corrected chi connectivity index (χ3v) is 5.90. The van der Waals surface area contributed by atoms with Crippen LogP contribution in [-0.2, 0) is 20.4 Å². The third-order valence-electron chi connectivity index (χ3n) is 3.12. The van der Waals surface area contributed by atoms with E-state index >= 15 is 0 Å². The highest BCUT2D eigenvalue weighted by atomic mass is 32.2. The summed E-state index contributed by atoms with van der Waals surface area (Å²) >= 11 is 1.13. The maximum absolute atomic E-state index is 12.2. The average Bonchev–Trinajstić information content (AvgIpc) is 2.93. The van der Waals surface area contributed by atoms with Gasteiger partial charge in [-0.25, -0.2) is 18.2 Å². The molecule has 0 fully saturated rings. The second kappa shape index (κ2) is 4.96. The normalized spacial score (nSPS) is 16.4. The van der Waals surface area contributed by atoms with E-state index in [0.717, 1.165) is 11.3 Å². The van der Waals surface area contributed by atoms with Crippen molar-refractivity contribution in [1.29, 1.82) is 0 Å². The van der Waals surface area contributed by atoms with Crippen LogP contribution in [0.2, 0.25) is 0 Å². The molecule has 2 aromatic rings. The van der Waals surface area contributed by atoms with Crippen molar-refractivity contribution < 1.29 is 17.9 Å². The van der Waals surface area contributed by atoms with Crippen LogP contribution in [0, 0.1) is 0 Å². The summed E-state index contributed by atoms with van der Waals surface area (Å²) < 4.78 is 32.3. The first-order chi connectivity index (χ1) is 10.3. The summed E-state index contributed by atoms with van der Waals surface area (Å²) in [5, 5.41) is 4.17. The van der Waals surface area contributed by atoms with Gasteiger partial charge in [-0.15, -0.1) is 11.3 Å². The Hall–Kier alpha value is -2.13. The van der Waals surface area contributed by atoms with Gasteiger partial charge in [0.2, 0.25) is 0 Å². The van der Waals surface area contributed by atoms with Gasteiger partial charge in [-0.1, -0.05) is 6.07 Å². The van der Waals surface area contributed by atoms with Gasteiger partial charge in [0.1, 0.15) is 15.6 Å². The van der Waals surface area contributed by atoms with E-state index in [0.29, 0.717) is 17.1 Å². The number of pyridine rings is 1. The van der Waals surface area contributed by atoms with Crippen molar-refractivity contribution in [3.8, 4) is 0 Å². The monoisotopic (exact) mass is 339 g/mol. The molecule has 0 spiro atoms. The highest BCUT2D eigenvalue weighted by Crippen LogP contribution is 2.36. The number of thiophene rings is 1. The number of rotatable bonds is 3. The van der Waals surface area contributed by atoms with Crippen LogP contribution >= 0.6 is 11.3 Å². The number of hydrogen-bond acceptors (Lipinski definition) is 6. The lowest BCUT2D eigenvalue weighted by Crippen LogP contribution is -2.35. The van der Waals surface area contributed by atoms with Crippen LogP contribution in [0.4, 0.5) is 16.3 Å². The second-order valence-electron chi connectivity index (χ2n) is 5.18. The van der Waals surface area contributed by atoms with E-state index in [-0.39, 0.29) is 4.21 Å². The average molecular weight is 339 g/mol. The number of nitrogens with one attached hydrogen (secondary N) is 2. The molecule has 7 nitrogen and oxygen atoms in total. The minimum Gasteiger partial charge on any atom is -0.438 e. The van der Waals surface area contributed by atoms with Crippen LogP contribution in [0.3, 0.4) is 0 Å². The zero-order chi connectivity index (χ0) is 16.0. The highest BCUT2D eigenvalue weighted by molar-refractivity contribution is 7.94. The fraction of sp³-hybridized carbons (Fsp3) is 0.231. The SMILES string of the molecule is CC1(C)OC(=O)Nc2ncc(NS(=O)(=O)c3cccs3)cc21. The molecular weight excluding hydrogens is 326 g/mol. The zero-order valence-electron chi connectivity index (χ0n) is 11.8. The fourth-order valence-electron chi connectivity index (χ4n) is 2.11. The Morgan fingerprint density at radius 3 is 2.86 bits per heavy atom. The standard InChI is InChI=1S/C13H13N3O4S2/c1-13(2)9-6-8(7-14-11(9)15-12(17)20-13)16-22(18,19)10-4-3-5-21-10/h3-7,16H,1-2H3,(H,14,15,17). The molecule has 0 radical (unpaired) electrons. The summed E-state index contributed by atoms with van der Waals surface area (Å²) in [5.74, 6) is 0.361. The van der Waals surface area contributed by atoms with Gasteiger partial charge < -0.3 is 4.74 Å². The Balaban J connectivity index is 1.96. The maximum atomic E-state index is 12.2. The summed E-state index contributed by atoms with van der Waals surface area (Å²) in [7, 11) is -3.64. The van der Waals surface area contributed by atoms with E-state index in [1.54, 1.807) is 31.4 Å². The van der Waals surface area contributed by atoms with Crippen molar-refractivity contribution in [1.82, 2.24) is 4.98 Å². The maximum Gasteiger partial charge on any atom is 0.413 e. The summed E-state index contributed by atoms with van der Waals surface area (Å²) in [5.41, 5.74) is 0.00755. The number of cyclic esters (lactones) is 1. The fourth-order valence-corrected chi connectivity index (χ4v) is 4.14. The van der Waals surface area contributed by atoms with E-state index in [1.165, 1.54) is 12.3 Å². The first-order valence-electron chi connectivity index (χ1n) is 6.35. The summed E-state index contributed by atoms with van der Waals surface area (Å²) in [4.78, 5) is 15.5. The van der Waals surface area contributed by atoms with Crippen molar-refractivity contribution in [2.75, 3.05) is 10.0 Å². The van der Waals surface area contributed by atoms with E-state index in [4.69, 9.17) is 4.74 Å². The number of ether oxygens (including phenoxy) is 1. The summed E-state index contributed by atoms with van der Waals surface area (Å²) in [6.45, 7) is 3.42. The molecule has 0 atom stereocenters. The lowest BCUT2D eigenvalue weighted by molar-refractivity contribution is 0.0416. The van der Waals surface area contributed by atoms with Crippen LogP contribution in [0.25, 0.3) is 0 Å². The molecule has 3 rings (SSSR count). The molecule has 2 aromatic heterocycles. The Morgan fingerprint density at radius 1 is 1.41 bits per heavy atom. The second-order valence-corrected chi connectivity index (χ2v) is 8.04. The minimum absolute atomic E-state index is 0.217. The predicted octanol–water partition coefficient (Wildman–Crippen LogP) is 2.74. The van der Waals surface area contributed by atoms with E-state index in [2.05, 4.69) is 15.0 Å². The molecule has 1 aliphatic heterocycles. The van der Waals surface area contributed by atoms with Crippen LogP contribution in [-0.4, -0.2) is 19.5 Å². The quantitative estimate of drug-likeness (QED) is 0.896. The van der Waals surface area contributed by atoms with Crippen molar-refractivity contribution in [3.05, 3.63) is 35.3 Å². The molecular formula is C13H13N3O4S2. The Morgan fingerprint density at radius 2 is 2.18 bits per heavy atom. The van der Waals surface area contributed by atoms with Crippen LogP contribution < -0.4 is 10.0 Å². The number of carbonyl (C=O) groups excluding carboxylic acids is 1. The molecule has 9 heteroatoms. The summed E-state index contributed by atoms with van der Waals surface area (Å²) in [6.07, 6.45) is 0.767. The van der Waals surface area contributed by atoms with Crippen molar-refractivity contribution >= 4 is 39.0 Å². The van der Waals surface area contributed by atoms with Gasteiger partial charge in [-0.05, 0) is 31.4 Å². The highest BCUT2D eigenvalue weighted by Gasteiger charge is 2.34. The molecule has 3 heterocycles. The molecule has 0 unspecified atom stereocenters. The smallest absolute Gasteiger partial charge is 0.413 e. The minimum atomic E-state index is -3.64. The van der Waals surface area contributed by atoms with Crippen molar-refractivity contribution in [2.24, 2.45) is 0 Å². The van der Waals surface area contributed by atoms with Crippen LogP contribution in [0.5, 0.6) is 0 Å². The number of carbonyl (C=O) groups is 1. The van der Waals surface area contributed by atoms with Crippen LogP contribution in [0.1, 0.15) is 19.4 Å². The lowest BCUT2D eigenvalue weighted by atomic mass is 9.97. The number of sulfonamides is 1. The molecule has 0 bridgehead atoms. The molecule has 0 saturated carbocycles. The molecule has 0 aromatic carbocycles. The molecule has 2 N–H and O–H groups in total. The van der Waals surface area contributed by atoms with Crippen molar-refractivity contribution in [3.63, 3.8) is 0 Å². The largest absolute Gasteiger partial charge is 0.438 e. The first-order valence-corrected chi connectivity index (χ1v) is 8.71. The number of anilines is 2. The Labute approximate surface area is 131 Å². The molecule has 0 aliphatic carbocycles. The zero-order valence-corrected chi connectivity index (χ0v) is 13.4. The number of nitrogens with zero attached hydrogens (tertiary/aromatic N) is 1. The van der Waals surface area contributed by atoms with Crippen molar-refractivity contribution in [2.45, 2.75) is 23.7 Å². The Bertz CT molecular complexity index is 829. The summed E-state index contributed by atoms with van der Waals surface area (Å²) in [6, 6.07) is 4.79. The van der Waals surface area contributed by atoms with Gasteiger partial charge in [0, 0.05) is 5.56 Å². The van der Waals surface area contributed by atoms with Gasteiger partial charge in [0.15, 0.2) is 0 Å². The topological polar surface area (TPSA) is 97.4 Å². The lowest BCUT2D eigenvalue weighted by Gasteiger charge is -2.31. The van der Waals surface area contributed by atoms with Gasteiger partial charge in [-0.3, -0.25) is 10.0 Å². The van der Waals surface area contributed by atoms with E-state index in [1.807, 2.05) is 0 Å². The predicted molar refractivity (Wildman–Crippen MR) is 82.5 cm³/mol. The van der Waals surface area contributed by atoms with Gasteiger partial charge in [0.05, 0.1) is 11.9 Å². The van der Waals surface area contributed by atoms with Gasteiger partial charge >= 0.3 is 6.09 Å². The molecule has 1 aliphatic rings. The Kier molecular flexibility index (Phi) is 3.33. The van der Waals surface area contributed by atoms with Gasteiger partial charge in [0.25, 0.3) is 10.0 Å². The molecule has 22 heavy (non-hydrogen) atoms. The van der Waals surface area contributed by atoms with E-state index < -0.39 is 21.7 Å². The number of amides is 1. The number of aromatic nitrogens is 1. The molecule has 116 valence electrons. The van der Waals surface area contributed by atoms with Crippen LogP contribution in [0.15, 0.2) is 34.0 Å². The third kappa shape index (κ3) is 2.64. The first kappa shape index (κ1) is 14.8. The van der Waals surface area contributed by atoms with Gasteiger partial charge in [-0.2, -0.15) is 0 Å². The molecule has 0 saturated heterocycles. The number of fused-ring (bicyclic) bond motifs is 1. The number of hydrogen-bond donors (Lipinski definition) is 2. The molecule has 1 amide bonds. The van der Waals surface area contributed by atoms with E-state index in [9.17, 15) is 13.2 Å².